The predicted molar refractivity (Wildman–Crippen MR) is 70.2 cm³/mol. The lowest BCUT2D eigenvalue weighted by Crippen LogP contribution is -2.48. The first-order valence-corrected chi connectivity index (χ1v) is 7.75. The average Bonchev–Trinajstić information content (AvgIpc) is 2.64. The van der Waals surface area contributed by atoms with Crippen LogP contribution in [0.1, 0.15) is 33.1 Å². The summed E-state index contributed by atoms with van der Waals surface area (Å²) in [6, 6.07) is 0. The quantitative estimate of drug-likeness (QED) is 0.605. The van der Waals surface area contributed by atoms with Crippen LogP contribution in [0.15, 0.2) is 0 Å². The molecule has 2 aliphatic heterocycles. The number of halogens is 1. The number of aliphatic hydroxyl groups is 1. The fraction of sp³-hybridized carbons (Fsp3) is 1.00. The molecule has 0 aromatic rings. The Hall–Kier alpha value is 0.570. The summed E-state index contributed by atoms with van der Waals surface area (Å²) in [7, 11) is 0. The third-order valence-corrected chi connectivity index (χ3v) is 4.63. The molecule has 0 radical (unpaired) electrons. The summed E-state index contributed by atoms with van der Waals surface area (Å²) >= 11 is 2.32. The second-order valence-electron chi connectivity index (χ2n) is 5.79. The van der Waals surface area contributed by atoms with E-state index in [1.165, 1.54) is 0 Å². The van der Waals surface area contributed by atoms with Gasteiger partial charge in [-0.3, -0.25) is 0 Å². The highest BCUT2D eigenvalue weighted by molar-refractivity contribution is 14.1. The average molecular weight is 354 g/mol. The number of alkyl halides is 1. The van der Waals surface area contributed by atoms with E-state index in [4.69, 9.17) is 14.2 Å². The number of fused-ring (bicyclic) bond motifs is 4. The Balaban J connectivity index is 1.80. The molecule has 1 N–H and O–H groups in total. The summed E-state index contributed by atoms with van der Waals surface area (Å²) in [4.78, 5) is 0. The van der Waals surface area contributed by atoms with Crippen molar-refractivity contribution < 1.29 is 19.3 Å². The van der Waals surface area contributed by atoms with Crippen LogP contribution in [-0.2, 0) is 14.2 Å². The van der Waals surface area contributed by atoms with Crippen LogP contribution in [0.2, 0.25) is 0 Å². The van der Waals surface area contributed by atoms with Crippen LogP contribution in [0.3, 0.4) is 0 Å². The van der Waals surface area contributed by atoms with E-state index < -0.39 is 11.4 Å². The van der Waals surface area contributed by atoms with Crippen molar-refractivity contribution in [1.82, 2.24) is 0 Å². The van der Waals surface area contributed by atoms with Crippen molar-refractivity contribution in [3.8, 4) is 0 Å². The monoisotopic (exact) mass is 354 g/mol. The zero-order valence-electron chi connectivity index (χ0n) is 10.2. The lowest BCUT2D eigenvalue weighted by Gasteiger charge is -2.34. The maximum Gasteiger partial charge on any atom is 0.163 e. The fourth-order valence-electron chi connectivity index (χ4n) is 3.39. The van der Waals surface area contributed by atoms with Gasteiger partial charge >= 0.3 is 0 Å². The summed E-state index contributed by atoms with van der Waals surface area (Å²) in [6.45, 7) is 3.84. The molecule has 2 heterocycles. The molecule has 2 saturated heterocycles. The Bertz CT molecular complexity index is 322. The van der Waals surface area contributed by atoms with Crippen LogP contribution in [0.4, 0.5) is 0 Å². The first-order chi connectivity index (χ1) is 7.93. The van der Waals surface area contributed by atoms with Gasteiger partial charge < -0.3 is 19.3 Å². The van der Waals surface area contributed by atoms with Crippen molar-refractivity contribution in [3.05, 3.63) is 0 Å². The van der Waals surface area contributed by atoms with Gasteiger partial charge in [-0.05, 0) is 20.3 Å². The van der Waals surface area contributed by atoms with Gasteiger partial charge in [-0.2, -0.15) is 0 Å². The number of ether oxygens (including phenoxy) is 3. The lowest BCUT2D eigenvalue weighted by atomic mass is 9.79. The Labute approximate surface area is 115 Å². The molecule has 1 aliphatic carbocycles. The summed E-state index contributed by atoms with van der Waals surface area (Å²) in [5.74, 6) is -0.543. The molecule has 0 unspecified atom stereocenters. The number of hydrogen-bond acceptors (Lipinski definition) is 4. The molecule has 2 bridgehead atoms. The molecular formula is C12H19IO4. The zero-order chi connectivity index (χ0) is 12.3. The summed E-state index contributed by atoms with van der Waals surface area (Å²) in [6.07, 6.45) is 2.14. The van der Waals surface area contributed by atoms with Crippen LogP contribution >= 0.6 is 22.6 Å². The van der Waals surface area contributed by atoms with E-state index in [0.29, 0.717) is 12.8 Å². The molecule has 3 rings (SSSR count). The zero-order valence-corrected chi connectivity index (χ0v) is 12.3. The Kier molecular flexibility index (Phi) is 2.99. The maximum atomic E-state index is 10.7. The van der Waals surface area contributed by atoms with Gasteiger partial charge in [-0.1, -0.05) is 22.6 Å². The molecule has 98 valence electrons. The molecule has 3 fully saturated rings. The number of hydrogen-bond donors (Lipinski definition) is 1. The van der Waals surface area contributed by atoms with Gasteiger partial charge in [0.05, 0.1) is 23.9 Å². The third kappa shape index (κ3) is 2.04. The Morgan fingerprint density at radius 1 is 1.24 bits per heavy atom. The van der Waals surface area contributed by atoms with Crippen LogP contribution in [0.5, 0.6) is 0 Å². The molecule has 1 saturated carbocycles. The van der Waals surface area contributed by atoms with E-state index in [0.717, 1.165) is 10.8 Å². The maximum absolute atomic E-state index is 10.7. The number of rotatable bonds is 2. The van der Waals surface area contributed by atoms with Gasteiger partial charge in [0.15, 0.2) is 5.79 Å². The highest BCUT2D eigenvalue weighted by Gasteiger charge is 2.61. The van der Waals surface area contributed by atoms with Gasteiger partial charge in [-0.15, -0.1) is 0 Å². The minimum absolute atomic E-state index is 0.00604. The van der Waals surface area contributed by atoms with Crippen molar-refractivity contribution in [1.29, 1.82) is 0 Å². The molecule has 3 aliphatic rings. The van der Waals surface area contributed by atoms with Crippen molar-refractivity contribution in [3.63, 3.8) is 0 Å². The van der Waals surface area contributed by atoms with Crippen molar-refractivity contribution >= 4 is 22.6 Å². The summed E-state index contributed by atoms with van der Waals surface area (Å²) in [5, 5.41) is 10.7. The molecule has 5 heteroatoms. The van der Waals surface area contributed by atoms with Crippen LogP contribution in [-0.4, -0.2) is 45.3 Å². The van der Waals surface area contributed by atoms with Crippen LogP contribution in [0, 0.1) is 0 Å². The molecule has 0 amide bonds. The SMILES string of the molecule is CC1(C)O[C@H]2[C@H]3C[C@@](O)(C[C@H]2O1)[C@H](CCI)O3. The highest BCUT2D eigenvalue weighted by atomic mass is 127. The lowest BCUT2D eigenvalue weighted by molar-refractivity contribution is -0.164. The molecule has 0 aromatic carbocycles. The van der Waals surface area contributed by atoms with E-state index in [2.05, 4.69) is 22.6 Å². The Morgan fingerprint density at radius 2 is 1.94 bits per heavy atom. The summed E-state index contributed by atoms with van der Waals surface area (Å²) < 4.78 is 18.7. The van der Waals surface area contributed by atoms with E-state index in [9.17, 15) is 5.11 Å². The largest absolute Gasteiger partial charge is 0.387 e. The van der Waals surface area contributed by atoms with Crippen molar-refractivity contribution in [2.24, 2.45) is 0 Å². The van der Waals surface area contributed by atoms with Gasteiger partial charge in [0, 0.05) is 17.3 Å². The molecule has 17 heavy (non-hydrogen) atoms. The molecule has 5 atom stereocenters. The predicted octanol–water partition coefficient (Wildman–Crippen LogP) is 1.62. The van der Waals surface area contributed by atoms with Gasteiger partial charge in [-0.25, -0.2) is 0 Å². The van der Waals surface area contributed by atoms with Gasteiger partial charge in [0.25, 0.3) is 0 Å². The summed E-state index contributed by atoms with van der Waals surface area (Å²) in [5.41, 5.74) is -0.708. The second kappa shape index (κ2) is 4.03. The van der Waals surface area contributed by atoms with E-state index in [1.807, 2.05) is 13.8 Å². The highest BCUT2D eigenvalue weighted by Crippen LogP contribution is 2.49. The minimum atomic E-state index is -0.708. The topological polar surface area (TPSA) is 47.9 Å². The molecule has 0 aromatic heterocycles. The Morgan fingerprint density at radius 3 is 2.65 bits per heavy atom. The van der Waals surface area contributed by atoms with Crippen LogP contribution in [0.25, 0.3) is 0 Å². The van der Waals surface area contributed by atoms with Crippen molar-refractivity contribution in [2.45, 2.75) is 68.9 Å². The molecule has 0 spiro atoms. The standard InChI is InChI=1S/C12H19IO4/c1-11(2)16-8-6-12(14)5-7(10(8)17-11)15-9(12)3-4-13/h7-10,14H,3-6H2,1-2H3/t7-,8-,9+,10+,12-/m1/s1. The van der Waals surface area contributed by atoms with Gasteiger partial charge in [0.1, 0.15) is 6.10 Å². The van der Waals surface area contributed by atoms with Crippen LogP contribution < -0.4 is 0 Å². The van der Waals surface area contributed by atoms with Crippen molar-refractivity contribution in [2.75, 3.05) is 4.43 Å². The fourth-order valence-corrected chi connectivity index (χ4v) is 3.96. The van der Waals surface area contributed by atoms with Gasteiger partial charge in [0.2, 0.25) is 0 Å². The van der Waals surface area contributed by atoms with E-state index >= 15 is 0 Å². The second-order valence-corrected chi connectivity index (χ2v) is 6.87. The minimum Gasteiger partial charge on any atom is -0.387 e. The third-order valence-electron chi connectivity index (χ3n) is 4.01. The normalized spacial score (nSPS) is 51.5. The smallest absolute Gasteiger partial charge is 0.163 e. The molecular weight excluding hydrogens is 335 g/mol. The first-order valence-electron chi connectivity index (χ1n) is 6.23. The first kappa shape index (κ1) is 12.6. The molecule has 4 nitrogen and oxygen atoms in total. The van der Waals surface area contributed by atoms with E-state index in [1.54, 1.807) is 0 Å². The van der Waals surface area contributed by atoms with E-state index in [-0.39, 0.29) is 24.4 Å².